The highest BCUT2D eigenvalue weighted by Crippen LogP contribution is 2.30. The topological polar surface area (TPSA) is 12.9 Å². The van der Waals surface area contributed by atoms with E-state index in [0.717, 1.165) is 17.0 Å². The van der Waals surface area contributed by atoms with Crippen molar-refractivity contribution in [3.63, 3.8) is 0 Å². The SMILES string of the molecule is C1CCCCC1.CC.Cc1ccc2nc(C(F)(F)F)cc(C)c2c1. The number of aryl methyl sites for hydroxylation is 2. The molecule has 0 N–H and O–H groups in total. The smallest absolute Gasteiger partial charge is 0.243 e. The average Bonchev–Trinajstić information content (AvgIpc) is 2.58. The number of hydrogen-bond donors (Lipinski definition) is 0. The maximum Gasteiger partial charge on any atom is 0.433 e. The Morgan fingerprint density at radius 3 is 1.79 bits per heavy atom. The van der Waals surface area contributed by atoms with Crippen LogP contribution in [0.1, 0.15) is 69.2 Å². The molecule has 1 aliphatic carbocycles. The minimum absolute atomic E-state index is 0.387. The van der Waals surface area contributed by atoms with Crippen LogP contribution in [0.4, 0.5) is 13.2 Å². The van der Waals surface area contributed by atoms with Crippen LogP contribution in [0.3, 0.4) is 0 Å². The number of alkyl halides is 3. The second-order valence-corrected chi connectivity index (χ2v) is 5.96. The van der Waals surface area contributed by atoms with Crippen LogP contribution < -0.4 is 0 Å². The van der Waals surface area contributed by atoms with E-state index >= 15 is 0 Å². The lowest BCUT2D eigenvalue weighted by molar-refractivity contribution is -0.141. The maximum atomic E-state index is 12.5. The van der Waals surface area contributed by atoms with Gasteiger partial charge in [-0.3, -0.25) is 0 Å². The van der Waals surface area contributed by atoms with E-state index in [0.29, 0.717) is 11.1 Å². The van der Waals surface area contributed by atoms with Crippen LogP contribution in [0, 0.1) is 13.8 Å². The van der Waals surface area contributed by atoms with Crippen LogP contribution in [0.15, 0.2) is 24.3 Å². The zero-order chi connectivity index (χ0) is 18.2. The minimum Gasteiger partial charge on any atom is -0.243 e. The molecule has 0 spiro atoms. The van der Waals surface area contributed by atoms with E-state index < -0.39 is 11.9 Å². The molecule has 2 aromatic rings. The Bertz CT molecular complexity index is 617. The van der Waals surface area contributed by atoms with Crippen molar-refractivity contribution >= 4 is 10.9 Å². The van der Waals surface area contributed by atoms with Gasteiger partial charge in [0.25, 0.3) is 0 Å². The van der Waals surface area contributed by atoms with Gasteiger partial charge in [-0.25, -0.2) is 4.98 Å². The van der Waals surface area contributed by atoms with Gasteiger partial charge in [0.05, 0.1) is 5.52 Å². The Morgan fingerprint density at radius 2 is 1.33 bits per heavy atom. The Hall–Kier alpha value is -1.58. The van der Waals surface area contributed by atoms with Gasteiger partial charge in [-0.05, 0) is 37.6 Å². The molecule has 134 valence electrons. The van der Waals surface area contributed by atoms with Gasteiger partial charge >= 0.3 is 6.18 Å². The summed E-state index contributed by atoms with van der Waals surface area (Å²) in [7, 11) is 0. The van der Waals surface area contributed by atoms with E-state index in [4.69, 9.17) is 0 Å². The van der Waals surface area contributed by atoms with Gasteiger partial charge in [-0.1, -0.05) is 64.0 Å². The Morgan fingerprint density at radius 1 is 0.833 bits per heavy atom. The molecule has 1 aromatic heterocycles. The van der Waals surface area contributed by atoms with E-state index in [1.165, 1.54) is 38.5 Å². The van der Waals surface area contributed by atoms with Crippen LogP contribution in [-0.4, -0.2) is 4.98 Å². The van der Waals surface area contributed by atoms with Crippen molar-refractivity contribution in [1.82, 2.24) is 4.98 Å². The van der Waals surface area contributed by atoms with Gasteiger partial charge in [0.1, 0.15) is 5.69 Å². The Kier molecular flexibility index (Phi) is 8.23. The Balaban J connectivity index is 0.000000300. The van der Waals surface area contributed by atoms with Gasteiger partial charge in [-0.15, -0.1) is 0 Å². The fourth-order valence-electron chi connectivity index (χ4n) is 2.71. The third-order valence-corrected chi connectivity index (χ3v) is 3.96. The molecule has 0 saturated heterocycles. The molecule has 1 aliphatic rings. The molecule has 1 aromatic carbocycles. The van der Waals surface area contributed by atoms with Crippen molar-refractivity contribution < 1.29 is 13.2 Å². The number of halogens is 3. The number of aromatic nitrogens is 1. The fraction of sp³-hybridized carbons (Fsp3) is 0.550. The molecule has 1 heterocycles. The highest BCUT2D eigenvalue weighted by molar-refractivity contribution is 5.82. The standard InChI is InChI=1S/C12H10F3N.C6H12.C2H6/c1-7-3-4-10-9(5-7)8(2)6-11(16-10)12(13,14)15;1-2-4-6-5-3-1;1-2/h3-6H,1-2H3;1-6H2;1-2H3. The molecular weight excluding hydrogens is 311 g/mol. The van der Waals surface area contributed by atoms with E-state index in [1.807, 2.05) is 26.8 Å². The highest BCUT2D eigenvalue weighted by Gasteiger charge is 2.32. The summed E-state index contributed by atoms with van der Waals surface area (Å²) in [5, 5.41) is 0.771. The number of benzene rings is 1. The van der Waals surface area contributed by atoms with Crippen LogP contribution in [0.5, 0.6) is 0 Å². The highest BCUT2D eigenvalue weighted by atomic mass is 19.4. The normalized spacial score (nSPS) is 14.3. The van der Waals surface area contributed by atoms with Gasteiger partial charge in [0, 0.05) is 5.39 Å². The fourth-order valence-corrected chi connectivity index (χ4v) is 2.71. The monoisotopic (exact) mass is 339 g/mol. The number of hydrogen-bond acceptors (Lipinski definition) is 1. The first kappa shape index (κ1) is 20.5. The molecule has 1 fully saturated rings. The molecule has 0 aliphatic heterocycles. The molecule has 0 unspecified atom stereocenters. The van der Waals surface area contributed by atoms with Gasteiger partial charge in [0.15, 0.2) is 0 Å². The molecular formula is C20H28F3N. The summed E-state index contributed by atoms with van der Waals surface area (Å²) >= 11 is 0. The van der Waals surface area contributed by atoms with Crippen molar-refractivity contribution in [3.8, 4) is 0 Å². The molecule has 0 radical (unpaired) electrons. The molecule has 0 amide bonds. The summed E-state index contributed by atoms with van der Waals surface area (Å²) in [6.45, 7) is 7.56. The van der Waals surface area contributed by atoms with E-state index in [-0.39, 0.29) is 0 Å². The summed E-state index contributed by atoms with van der Waals surface area (Å²) < 4.78 is 37.5. The van der Waals surface area contributed by atoms with Crippen molar-refractivity contribution in [1.29, 1.82) is 0 Å². The lowest BCUT2D eigenvalue weighted by atomic mass is 10.0. The lowest BCUT2D eigenvalue weighted by Crippen LogP contribution is -2.08. The summed E-state index contributed by atoms with van der Waals surface area (Å²) in [5.74, 6) is 0. The first-order valence-electron chi connectivity index (χ1n) is 8.83. The summed E-state index contributed by atoms with van der Waals surface area (Å²) in [6, 6.07) is 6.31. The largest absolute Gasteiger partial charge is 0.433 e. The number of rotatable bonds is 0. The number of nitrogens with zero attached hydrogens (tertiary/aromatic N) is 1. The van der Waals surface area contributed by atoms with Gasteiger partial charge < -0.3 is 0 Å². The Labute approximate surface area is 143 Å². The van der Waals surface area contributed by atoms with Crippen LogP contribution in [0.25, 0.3) is 10.9 Å². The van der Waals surface area contributed by atoms with Gasteiger partial charge in [0.2, 0.25) is 0 Å². The first-order valence-corrected chi connectivity index (χ1v) is 8.83. The molecule has 1 saturated carbocycles. The predicted octanol–water partition coefficient (Wildman–Crippen LogP) is 7.24. The van der Waals surface area contributed by atoms with Crippen molar-refractivity contribution in [3.05, 3.63) is 41.1 Å². The summed E-state index contributed by atoms with van der Waals surface area (Å²) in [4.78, 5) is 3.62. The zero-order valence-corrected chi connectivity index (χ0v) is 15.1. The molecule has 24 heavy (non-hydrogen) atoms. The van der Waals surface area contributed by atoms with Crippen molar-refractivity contribution in [2.45, 2.75) is 72.4 Å². The van der Waals surface area contributed by atoms with Crippen LogP contribution >= 0.6 is 0 Å². The third kappa shape index (κ3) is 6.14. The maximum absolute atomic E-state index is 12.5. The lowest BCUT2D eigenvalue weighted by Gasteiger charge is -2.09. The molecule has 3 rings (SSSR count). The second-order valence-electron chi connectivity index (χ2n) is 5.96. The summed E-state index contributed by atoms with van der Waals surface area (Å²) in [5.41, 5.74) is 1.16. The van der Waals surface area contributed by atoms with Crippen LogP contribution in [0.2, 0.25) is 0 Å². The number of pyridine rings is 1. The molecule has 1 nitrogen and oxygen atoms in total. The minimum atomic E-state index is -4.39. The van der Waals surface area contributed by atoms with Gasteiger partial charge in [-0.2, -0.15) is 13.2 Å². The van der Waals surface area contributed by atoms with E-state index in [2.05, 4.69) is 4.98 Å². The van der Waals surface area contributed by atoms with E-state index in [9.17, 15) is 13.2 Å². The quantitative estimate of drug-likeness (QED) is 0.493. The molecule has 0 atom stereocenters. The zero-order valence-electron chi connectivity index (χ0n) is 15.1. The predicted molar refractivity (Wildman–Crippen MR) is 95.3 cm³/mol. The van der Waals surface area contributed by atoms with Crippen molar-refractivity contribution in [2.24, 2.45) is 0 Å². The average molecular weight is 339 g/mol. The first-order chi connectivity index (χ1) is 11.4. The third-order valence-electron chi connectivity index (χ3n) is 3.96. The van der Waals surface area contributed by atoms with E-state index in [1.54, 1.807) is 19.1 Å². The molecule has 4 heteroatoms. The summed E-state index contributed by atoms with van der Waals surface area (Å²) in [6.07, 6.45) is 4.61. The molecule has 0 bridgehead atoms. The number of fused-ring (bicyclic) bond motifs is 1. The van der Waals surface area contributed by atoms with Crippen LogP contribution in [-0.2, 0) is 6.18 Å². The second kappa shape index (κ2) is 9.65. The van der Waals surface area contributed by atoms with Crippen molar-refractivity contribution in [2.75, 3.05) is 0 Å².